The third kappa shape index (κ3) is 2.21. The summed E-state index contributed by atoms with van der Waals surface area (Å²) >= 11 is 11.6. The quantitative estimate of drug-likeness (QED) is 0.840. The summed E-state index contributed by atoms with van der Waals surface area (Å²) in [6, 6.07) is 6.67. The maximum absolute atomic E-state index is 10.0. The second-order valence-electron chi connectivity index (χ2n) is 3.36. The molecule has 5 heteroatoms. The Labute approximate surface area is 103 Å². The third-order valence-electron chi connectivity index (χ3n) is 2.17. The number of aliphatic hydroxyl groups excluding tert-OH is 1. The predicted molar refractivity (Wildman–Crippen MR) is 61.8 cm³/mol. The van der Waals surface area contributed by atoms with Crippen LogP contribution in [0.15, 0.2) is 28.7 Å². The van der Waals surface area contributed by atoms with Gasteiger partial charge in [0.2, 0.25) is 0 Å². The van der Waals surface area contributed by atoms with E-state index in [9.17, 15) is 5.11 Å². The average Bonchev–Trinajstić information content (AvgIpc) is 2.64. The van der Waals surface area contributed by atoms with Crippen LogP contribution in [0.1, 0.15) is 23.2 Å². The lowest BCUT2D eigenvalue weighted by molar-refractivity contribution is 0.187. The molecule has 2 rings (SSSR count). The first-order valence-electron chi connectivity index (χ1n) is 4.64. The fourth-order valence-electron chi connectivity index (χ4n) is 1.38. The van der Waals surface area contributed by atoms with Crippen LogP contribution in [0.5, 0.6) is 0 Å². The van der Waals surface area contributed by atoms with Gasteiger partial charge in [0.25, 0.3) is 0 Å². The molecule has 0 radical (unpaired) electrons. The normalized spacial score (nSPS) is 12.8. The highest BCUT2D eigenvalue weighted by atomic mass is 35.5. The molecule has 0 saturated carbocycles. The number of hydrogen-bond acceptors (Lipinski definition) is 3. The number of nitrogens with zero attached hydrogens (tertiary/aromatic N) is 1. The molecular formula is C11H9Cl2NO2. The Morgan fingerprint density at radius 1 is 1.25 bits per heavy atom. The molecule has 84 valence electrons. The van der Waals surface area contributed by atoms with Gasteiger partial charge < -0.3 is 9.52 Å². The molecule has 0 aromatic carbocycles. The standard InChI is InChI=1S/C11H9Cl2NO2/c1-6-2-4-8(16-6)10(15)7-3-5-9(12)14-11(7)13/h2-5,10,15H,1H3. The first-order valence-corrected chi connectivity index (χ1v) is 5.40. The molecule has 2 heterocycles. The van der Waals surface area contributed by atoms with E-state index in [0.717, 1.165) is 5.76 Å². The fourth-order valence-corrected chi connectivity index (χ4v) is 1.83. The lowest BCUT2D eigenvalue weighted by atomic mass is 10.1. The summed E-state index contributed by atoms with van der Waals surface area (Å²) in [5.74, 6) is 1.16. The van der Waals surface area contributed by atoms with E-state index in [4.69, 9.17) is 27.6 Å². The van der Waals surface area contributed by atoms with Gasteiger partial charge in [0.05, 0.1) is 0 Å². The van der Waals surface area contributed by atoms with Crippen LogP contribution in [0.4, 0.5) is 0 Å². The number of aryl methyl sites for hydroxylation is 1. The van der Waals surface area contributed by atoms with Crippen molar-refractivity contribution >= 4 is 23.2 Å². The number of furan rings is 1. The minimum Gasteiger partial charge on any atom is -0.463 e. The van der Waals surface area contributed by atoms with Gasteiger partial charge in [0, 0.05) is 5.56 Å². The molecule has 0 aliphatic heterocycles. The zero-order valence-electron chi connectivity index (χ0n) is 8.45. The van der Waals surface area contributed by atoms with Crippen LogP contribution < -0.4 is 0 Å². The maximum Gasteiger partial charge on any atom is 0.140 e. The molecule has 1 atom stereocenters. The molecule has 3 nitrogen and oxygen atoms in total. The molecule has 0 fully saturated rings. The lowest BCUT2D eigenvalue weighted by Crippen LogP contribution is -2.00. The number of aliphatic hydroxyl groups is 1. The minimum absolute atomic E-state index is 0.175. The van der Waals surface area contributed by atoms with Gasteiger partial charge in [-0.1, -0.05) is 23.2 Å². The Kier molecular flexibility index (Phi) is 3.19. The second kappa shape index (κ2) is 4.45. The van der Waals surface area contributed by atoms with E-state index in [2.05, 4.69) is 4.98 Å². The van der Waals surface area contributed by atoms with Gasteiger partial charge in [-0.25, -0.2) is 4.98 Å². The van der Waals surface area contributed by atoms with Gasteiger partial charge in [0.1, 0.15) is 27.9 Å². The zero-order valence-corrected chi connectivity index (χ0v) is 9.96. The molecule has 1 N–H and O–H groups in total. The SMILES string of the molecule is Cc1ccc(C(O)c2ccc(Cl)nc2Cl)o1. The second-order valence-corrected chi connectivity index (χ2v) is 4.11. The summed E-state index contributed by atoms with van der Waals surface area (Å²) in [4.78, 5) is 3.86. The molecule has 0 aliphatic carbocycles. The van der Waals surface area contributed by atoms with E-state index in [1.54, 1.807) is 31.2 Å². The highest BCUT2D eigenvalue weighted by molar-refractivity contribution is 6.32. The van der Waals surface area contributed by atoms with E-state index in [-0.39, 0.29) is 10.3 Å². The molecular weight excluding hydrogens is 249 g/mol. The van der Waals surface area contributed by atoms with Crippen LogP contribution in [0, 0.1) is 6.92 Å². The number of rotatable bonds is 2. The molecule has 0 saturated heterocycles. The Morgan fingerprint density at radius 3 is 2.56 bits per heavy atom. The molecule has 0 spiro atoms. The molecule has 1 unspecified atom stereocenters. The first kappa shape index (κ1) is 11.5. The van der Waals surface area contributed by atoms with Gasteiger partial charge in [-0.05, 0) is 31.2 Å². The summed E-state index contributed by atoms with van der Waals surface area (Å²) in [6.45, 7) is 1.80. The van der Waals surface area contributed by atoms with Gasteiger partial charge in [-0.2, -0.15) is 0 Å². The van der Waals surface area contributed by atoms with Crippen LogP contribution >= 0.6 is 23.2 Å². The van der Waals surface area contributed by atoms with E-state index >= 15 is 0 Å². The fraction of sp³-hybridized carbons (Fsp3) is 0.182. The van der Waals surface area contributed by atoms with Crippen molar-refractivity contribution < 1.29 is 9.52 Å². The maximum atomic E-state index is 10.0. The highest BCUT2D eigenvalue weighted by Crippen LogP contribution is 2.29. The van der Waals surface area contributed by atoms with Gasteiger partial charge in [0.15, 0.2) is 0 Å². The molecule has 0 bridgehead atoms. The molecule has 0 aliphatic rings. The van der Waals surface area contributed by atoms with Crippen LogP contribution in [-0.2, 0) is 0 Å². The van der Waals surface area contributed by atoms with E-state index in [1.165, 1.54) is 0 Å². The van der Waals surface area contributed by atoms with Crippen LogP contribution in [0.3, 0.4) is 0 Å². The topological polar surface area (TPSA) is 46.3 Å². The third-order valence-corrected chi connectivity index (χ3v) is 2.68. The molecule has 0 amide bonds. The van der Waals surface area contributed by atoms with Crippen molar-refractivity contribution in [2.75, 3.05) is 0 Å². The van der Waals surface area contributed by atoms with Crippen LogP contribution in [-0.4, -0.2) is 10.1 Å². The smallest absolute Gasteiger partial charge is 0.140 e. The van der Waals surface area contributed by atoms with Crippen molar-refractivity contribution in [1.82, 2.24) is 4.98 Å². The van der Waals surface area contributed by atoms with Gasteiger partial charge in [-0.3, -0.25) is 0 Å². The van der Waals surface area contributed by atoms with Crippen LogP contribution in [0.2, 0.25) is 10.3 Å². The monoisotopic (exact) mass is 257 g/mol. The Morgan fingerprint density at radius 2 is 2.00 bits per heavy atom. The van der Waals surface area contributed by atoms with Gasteiger partial charge >= 0.3 is 0 Å². The van der Waals surface area contributed by atoms with Crippen molar-refractivity contribution in [3.8, 4) is 0 Å². The Hall–Kier alpha value is -1.03. The zero-order chi connectivity index (χ0) is 11.7. The predicted octanol–water partition coefficient (Wildman–Crippen LogP) is 3.37. The first-order chi connectivity index (χ1) is 7.58. The van der Waals surface area contributed by atoms with Crippen LogP contribution in [0.25, 0.3) is 0 Å². The summed E-state index contributed by atoms with van der Waals surface area (Å²) in [5.41, 5.74) is 0.473. The van der Waals surface area contributed by atoms with Crippen molar-refractivity contribution in [3.63, 3.8) is 0 Å². The molecule has 16 heavy (non-hydrogen) atoms. The lowest BCUT2D eigenvalue weighted by Gasteiger charge is -2.09. The van der Waals surface area contributed by atoms with Crippen molar-refractivity contribution in [2.24, 2.45) is 0 Å². The van der Waals surface area contributed by atoms with Gasteiger partial charge in [-0.15, -0.1) is 0 Å². The summed E-state index contributed by atoms with van der Waals surface area (Å²) in [5, 5.41) is 10.5. The highest BCUT2D eigenvalue weighted by Gasteiger charge is 2.18. The average molecular weight is 258 g/mol. The number of pyridine rings is 1. The molecule has 2 aromatic rings. The number of hydrogen-bond donors (Lipinski definition) is 1. The van der Waals surface area contributed by atoms with Crippen molar-refractivity contribution in [3.05, 3.63) is 51.7 Å². The number of halogens is 2. The minimum atomic E-state index is -0.925. The Balaban J connectivity index is 2.37. The van der Waals surface area contributed by atoms with Crippen molar-refractivity contribution in [2.45, 2.75) is 13.0 Å². The number of aromatic nitrogens is 1. The van der Waals surface area contributed by atoms with E-state index < -0.39 is 6.10 Å². The summed E-state index contributed by atoms with van der Waals surface area (Å²) in [7, 11) is 0. The van der Waals surface area contributed by atoms with E-state index in [1.807, 2.05) is 0 Å². The Bertz CT molecular complexity index is 510. The van der Waals surface area contributed by atoms with E-state index in [0.29, 0.717) is 11.3 Å². The van der Waals surface area contributed by atoms with Crippen molar-refractivity contribution in [1.29, 1.82) is 0 Å². The molecule has 2 aromatic heterocycles. The summed E-state index contributed by atoms with van der Waals surface area (Å²) in [6.07, 6.45) is -0.925. The summed E-state index contributed by atoms with van der Waals surface area (Å²) < 4.78 is 5.32. The largest absolute Gasteiger partial charge is 0.463 e.